The molecule has 0 aromatic heterocycles. The molecule has 1 aromatic rings. The van der Waals surface area contributed by atoms with Crippen LogP contribution in [0.3, 0.4) is 0 Å². The van der Waals surface area contributed by atoms with Gasteiger partial charge in [0.25, 0.3) is 0 Å². The standard InChI is InChI=1S/C11H13FO2S/c1-7(2)6-15-8-3-4-10(12)9(5-8)11(13)14/h3-5,7H,6H2,1-2H3,(H,13,14). The number of carboxylic acids is 1. The van der Waals surface area contributed by atoms with Crippen LogP contribution in [0.25, 0.3) is 0 Å². The Balaban J connectivity index is 2.83. The number of thioether (sulfide) groups is 1. The van der Waals surface area contributed by atoms with Crippen LogP contribution in [-0.4, -0.2) is 16.8 Å². The van der Waals surface area contributed by atoms with Crippen molar-refractivity contribution in [2.45, 2.75) is 18.7 Å². The number of hydrogen-bond donors (Lipinski definition) is 1. The van der Waals surface area contributed by atoms with Gasteiger partial charge in [-0.2, -0.15) is 0 Å². The third-order valence-corrected chi connectivity index (χ3v) is 3.17. The fraction of sp³-hybridized carbons (Fsp3) is 0.364. The number of hydrogen-bond acceptors (Lipinski definition) is 2. The molecule has 1 aromatic carbocycles. The van der Waals surface area contributed by atoms with Gasteiger partial charge in [-0.25, -0.2) is 9.18 Å². The molecule has 4 heteroatoms. The van der Waals surface area contributed by atoms with Gasteiger partial charge in [0.15, 0.2) is 0 Å². The summed E-state index contributed by atoms with van der Waals surface area (Å²) in [6, 6.07) is 4.19. The molecular weight excluding hydrogens is 215 g/mol. The summed E-state index contributed by atoms with van der Waals surface area (Å²) in [7, 11) is 0. The summed E-state index contributed by atoms with van der Waals surface area (Å²) in [5.41, 5.74) is -0.260. The molecule has 2 nitrogen and oxygen atoms in total. The Kier molecular flexibility index (Phi) is 4.15. The van der Waals surface area contributed by atoms with E-state index in [4.69, 9.17) is 5.11 Å². The molecule has 0 unspecified atom stereocenters. The maximum absolute atomic E-state index is 13.0. The van der Waals surface area contributed by atoms with Crippen molar-refractivity contribution in [2.24, 2.45) is 5.92 Å². The predicted molar refractivity (Wildman–Crippen MR) is 58.9 cm³/mol. The molecule has 0 bridgehead atoms. The van der Waals surface area contributed by atoms with E-state index in [2.05, 4.69) is 13.8 Å². The molecule has 0 saturated carbocycles. The van der Waals surface area contributed by atoms with E-state index in [1.165, 1.54) is 23.9 Å². The van der Waals surface area contributed by atoms with Crippen LogP contribution in [0, 0.1) is 11.7 Å². The second-order valence-electron chi connectivity index (χ2n) is 3.65. The van der Waals surface area contributed by atoms with Gasteiger partial charge in [0.1, 0.15) is 5.82 Å². The van der Waals surface area contributed by atoms with Gasteiger partial charge in [-0.15, -0.1) is 11.8 Å². The Bertz CT molecular complexity index is 364. The summed E-state index contributed by atoms with van der Waals surface area (Å²) in [5.74, 6) is -0.491. The van der Waals surface area contributed by atoms with Gasteiger partial charge in [-0.1, -0.05) is 13.8 Å². The normalized spacial score (nSPS) is 10.7. The van der Waals surface area contributed by atoms with Crippen LogP contribution in [-0.2, 0) is 0 Å². The molecule has 0 fully saturated rings. The molecule has 0 radical (unpaired) electrons. The number of carboxylic acid groups (broad SMARTS) is 1. The first-order chi connectivity index (χ1) is 7.00. The van der Waals surface area contributed by atoms with Crippen LogP contribution in [0.2, 0.25) is 0 Å². The number of benzene rings is 1. The van der Waals surface area contributed by atoms with Gasteiger partial charge < -0.3 is 5.11 Å². The monoisotopic (exact) mass is 228 g/mol. The maximum atomic E-state index is 13.0. The quantitative estimate of drug-likeness (QED) is 0.803. The average Bonchev–Trinajstić information content (AvgIpc) is 2.16. The fourth-order valence-electron chi connectivity index (χ4n) is 1.02. The van der Waals surface area contributed by atoms with Crippen LogP contribution < -0.4 is 0 Å². The van der Waals surface area contributed by atoms with Gasteiger partial charge in [0, 0.05) is 10.6 Å². The molecule has 0 aliphatic rings. The van der Waals surface area contributed by atoms with E-state index >= 15 is 0 Å². The molecule has 1 N–H and O–H groups in total. The topological polar surface area (TPSA) is 37.3 Å². The van der Waals surface area contributed by atoms with Crippen molar-refractivity contribution >= 4 is 17.7 Å². The summed E-state index contributed by atoms with van der Waals surface area (Å²) >= 11 is 1.54. The highest BCUT2D eigenvalue weighted by Crippen LogP contribution is 2.23. The fourth-order valence-corrected chi connectivity index (χ4v) is 1.91. The van der Waals surface area contributed by atoms with Crippen LogP contribution >= 0.6 is 11.8 Å². The Morgan fingerprint density at radius 1 is 1.53 bits per heavy atom. The summed E-state index contributed by atoms with van der Waals surface area (Å²) in [5, 5.41) is 8.72. The molecular formula is C11H13FO2S. The lowest BCUT2D eigenvalue weighted by Crippen LogP contribution is -2.00. The van der Waals surface area contributed by atoms with Gasteiger partial charge in [-0.3, -0.25) is 0 Å². The highest BCUT2D eigenvalue weighted by Gasteiger charge is 2.10. The van der Waals surface area contributed by atoms with Gasteiger partial charge in [0.05, 0.1) is 5.56 Å². The Hall–Kier alpha value is -1.03. The maximum Gasteiger partial charge on any atom is 0.338 e. The number of halogens is 1. The van der Waals surface area contributed by atoms with Crippen molar-refractivity contribution in [3.63, 3.8) is 0 Å². The van der Waals surface area contributed by atoms with Crippen molar-refractivity contribution in [3.05, 3.63) is 29.6 Å². The molecule has 82 valence electrons. The summed E-state index contributed by atoms with van der Waals surface area (Å²) in [4.78, 5) is 11.5. The number of carbonyl (C=O) groups is 1. The second kappa shape index (κ2) is 5.16. The highest BCUT2D eigenvalue weighted by molar-refractivity contribution is 7.99. The third kappa shape index (κ3) is 3.55. The molecule has 0 amide bonds. The molecule has 0 saturated heterocycles. The smallest absolute Gasteiger partial charge is 0.338 e. The molecule has 0 aliphatic heterocycles. The number of aromatic carboxylic acids is 1. The van der Waals surface area contributed by atoms with E-state index in [1.807, 2.05) is 0 Å². The summed E-state index contributed by atoms with van der Waals surface area (Å²) < 4.78 is 13.0. The lowest BCUT2D eigenvalue weighted by atomic mass is 10.2. The lowest BCUT2D eigenvalue weighted by Gasteiger charge is -2.05. The summed E-state index contributed by atoms with van der Waals surface area (Å²) in [6.45, 7) is 4.16. The first-order valence-electron chi connectivity index (χ1n) is 4.66. The lowest BCUT2D eigenvalue weighted by molar-refractivity contribution is 0.0691. The first kappa shape index (κ1) is 12.0. The zero-order valence-electron chi connectivity index (χ0n) is 8.66. The number of rotatable bonds is 4. The largest absolute Gasteiger partial charge is 0.478 e. The molecule has 15 heavy (non-hydrogen) atoms. The summed E-state index contributed by atoms with van der Waals surface area (Å²) in [6.07, 6.45) is 0. The minimum atomic E-state index is -1.22. The third-order valence-electron chi connectivity index (χ3n) is 1.75. The first-order valence-corrected chi connectivity index (χ1v) is 5.65. The Labute approximate surface area is 92.5 Å². The van der Waals surface area contributed by atoms with Crippen LogP contribution in [0.4, 0.5) is 4.39 Å². The second-order valence-corrected chi connectivity index (χ2v) is 4.75. The SMILES string of the molecule is CC(C)CSc1ccc(F)c(C(=O)O)c1. The Morgan fingerprint density at radius 3 is 2.73 bits per heavy atom. The Morgan fingerprint density at radius 2 is 2.20 bits per heavy atom. The van der Waals surface area contributed by atoms with Crippen molar-refractivity contribution in [2.75, 3.05) is 5.75 Å². The van der Waals surface area contributed by atoms with Crippen LogP contribution in [0.5, 0.6) is 0 Å². The van der Waals surface area contributed by atoms with E-state index in [9.17, 15) is 9.18 Å². The van der Waals surface area contributed by atoms with E-state index in [0.29, 0.717) is 5.92 Å². The van der Waals surface area contributed by atoms with E-state index < -0.39 is 11.8 Å². The van der Waals surface area contributed by atoms with Gasteiger partial charge in [0.2, 0.25) is 0 Å². The molecule has 0 spiro atoms. The highest BCUT2D eigenvalue weighted by atomic mass is 32.2. The van der Waals surface area contributed by atoms with Gasteiger partial charge >= 0.3 is 5.97 Å². The van der Waals surface area contributed by atoms with E-state index in [-0.39, 0.29) is 5.56 Å². The zero-order chi connectivity index (χ0) is 11.4. The van der Waals surface area contributed by atoms with Crippen LogP contribution in [0.1, 0.15) is 24.2 Å². The minimum Gasteiger partial charge on any atom is -0.478 e. The van der Waals surface area contributed by atoms with Crippen molar-refractivity contribution in [3.8, 4) is 0 Å². The molecule has 0 heterocycles. The molecule has 1 rings (SSSR count). The predicted octanol–water partition coefficient (Wildman–Crippen LogP) is 3.27. The molecule has 0 atom stereocenters. The van der Waals surface area contributed by atoms with Crippen molar-refractivity contribution < 1.29 is 14.3 Å². The molecule has 0 aliphatic carbocycles. The van der Waals surface area contributed by atoms with Crippen molar-refractivity contribution in [1.82, 2.24) is 0 Å². The van der Waals surface area contributed by atoms with Crippen LogP contribution in [0.15, 0.2) is 23.1 Å². The van der Waals surface area contributed by atoms with Gasteiger partial charge in [-0.05, 0) is 24.1 Å². The van der Waals surface area contributed by atoms with E-state index in [0.717, 1.165) is 10.6 Å². The minimum absolute atomic E-state index is 0.260. The average molecular weight is 228 g/mol. The van der Waals surface area contributed by atoms with Crippen molar-refractivity contribution in [1.29, 1.82) is 0 Å². The zero-order valence-corrected chi connectivity index (χ0v) is 9.47. The van der Waals surface area contributed by atoms with E-state index in [1.54, 1.807) is 6.07 Å².